The lowest BCUT2D eigenvalue weighted by molar-refractivity contribution is 0.100. The molecule has 2 aromatic carbocycles. The van der Waals surface area contributed by atoms with E-state index in [9.17, 15) is 13.2 Å². The van der Waals surface area contributed by atoms with Crippen LogP contribution < -0.4 is 21.3 Å². The second-order valence-corrected chi connectivity index (χ2v) is 10.6. The van der Waals surface area contributed by atoms with E-state index in [0.29, 0.717) is 23.6 Å². The number of carbonyl (C=O) groups is 1. The van der Waals surface area contributed by atoms with Crippen LogP contribution in [0, 0.1) is 0 Å². The van der Waals surface area contributed by atoms with Crippen molar-refractivity contribution in [2.75, 3.05) is 48.1 Å². The summed E-state index contributed by atoms with van der Waals surface area (Å²) in [6.07, 6.45) is 2.65. The molecule has 0 aliphatic carbocycles. The molecule has 0 radical (unpaired) electrons. The molecule has 184 valence electrons. The Morgan fingerprint density at radius 3 is 2.49 bits per heavy atom. The molecule has 1 saturated heterocycles. The normalized spacial score (nSPS) is 13.9. The molecule has 1 amide bonds. The molecule has 1 aliphatic rings. The Hall–Kier alpha value is -3.63. The zero-order chi connectivity index (χ0) is 24.8. The number of rotatable bonds is 9. The first-order valence-corrected chi connectivity index (χ1v) is 13.3. The fourth-order valence-electron chi connectivity index (χ4n) is 3.92. The highest BCUT2D eigenvalue weighted by Gasteiger charge is 2.13. The van der Waals surface area contributed by atoms with Crippen LogP contribution in [0.4, 0.5) is 22.9 Å². The molecule has 0 atom stereocenters. The number of morpholine rings is 1. The van der Waals surface area contributed by atoms with Crippen molar-refractivity contribution in [3.8, 4) is 0 Å². The van der Waals surface area contributed by atoms with Gasteiger partial charge in [-0.05, 0) is 35.4 Å². The maximum atomic E-state index is 11.9. The predicted octanol–water partition coefficient (Wildman–Crippen LogP) is 2.92. The van der Waals surface area contributed by atoms with E-state index in [1.807, 2.05) is 42.5 Å². The Morgan fingerprint density at radius 2 is 1.80 bits per heavy atom. The minimum atomic E-state index is -3.13. The van der Waals surface area contributed by atoms with E-state index in [2.05, 4.69) is 20.5 Å². The minimum absolute atomic E-state index is 0.0268. The highest BCUT2D eigenvalue weighted by Crippen LogP contribution is 2.24. The summed E-state index contributed by atoms with van der Waals surface area (Å²) in [6.45, 7) is 3.58. The number of carbonyl (C=O) groups excluding carboxylic acids is 1. The molecule has 4 rings (SSSR count). The summed E-state index contributed by atoms with van der Waals surface area (Å²) in [5, 5.41) is 6.49. The molecule has 10 heteroatoms. The molecule has 0 bridgehead atoms. The molecule has 3 aromatic rings. The first-order valence-electron chi connectivity index (χ1n) is 11.3. The van der Waals surface area contributed by atoms with Crippen molar-refractivity contribution in [1.29, 1.82) is 0 Å². The van der Waals surface area contributed by atoms with Crippen molar-refractivity contribution < 1.29 is 17.9 Å². The molecule has 1 aliphatic heterocycles. The number of hydrogen-bond donors (Lipinski definition) is 3. The summed E-state index contributed by atoms with van der Waals surface area (Å²) in [5.74, 6) is -0.0595. The Balaban J connectivity index is 1.47. The summed E-state index contributed by atoms with van der Waals surface area (Å²) in [4.78, 5) is 18.6. The number of nitrogens with zero attached hydrogens (tertiary/aromatic N) is 2. The largest absolute Gasteiger partial charge is 0.380 e. The van der Waals surface area contributed by atoms with Crippen LogP contribution in [0.1, 0.15) is 21.5 Å². The van der Waals surface area contributed by atoms with E-state index in [0.717, 1.165) is 43.2 Å². The third-order valence-electron chi connectivity index (χ3n) is 5.59. The molecule has 0 unspecified atom stereocenters. The van der Waals surface area contributed by atoms with Gasteiger partial charge in [0, 0.05) is 49.5 Å². The Bertz CT molecular complexity index is 1290. The van der Waals surface area contributed by atoms with Crippen molar-refractivity contribution >= 4 is 38.6 Å². The third-order valence-corrected chi connectivity index (χ3v) is 6.45. The number of nitrogens with two attached hydrogens (primary N) is 1. The van der Waals surface area contributed by atoms with E-state index in [4.69, 9.17) is 10.5 Å². The number of nitrogens with one attached hydrogen (secondary N) is 2. The van der Waals surface area contributed by atoms with Crippen LogP contribution >= 0.6 is 0 Å². The summed E-state index contributed by atoms with van der Waals surface area (Å²) in [6, 6.07) is 17.1. The second kappa shape index (κ2) is 10.7. The number of amides is 1. The molecular formula is C25H29N5O4S. The number of ether oxygens (including phenoxy) is 1. The van der Waals surface area contributed by atoms with Crippen LogP contribution in [0.5, 0.6) is 0 Å². The monoisotopic (exact) mass is 495 g/mol. The molecule has 35 heavy (non-hydrogen) atoms. The molecule has 1 fully saturated rings. The first kappa shape index (κ1) is 24.5. The van der Waals surface area contributed by atoms with Crippen molar-refractivity contribution in [2.24, 2.45) is 5.73 Å². The van der Waals surface area contributed by atoms with Gasteiger partial charge in [0.15, 0.2) is 9.84 Å². The highest BCUT2D eigenvalue weighted by atomic mass is 32.2. The lowest BCUT2D eigenvalue weighted by Gasteiger charge is -2.28. The predicted molar refractivity (Wildman–Crippen MR) is 138 cm³/mol. The van der Waals surface area contributed by atoms with Gasteiger partial charge < -0.3 is 26.0 Å². The molecule has 0 spiro atoms. The minimum Gasteiger partial charge on any atom is -0.380 e. The molecule has 1 aromatic heterocycles. The fraction of sp³-hybridized carbons (Fsp3) is 0.280. The lowest BCUT2D eigenvalue weighted by atomic mass is 10.1. The molecule has 0 saturated carbocycles. The van der Waals surface area contributed by atoms with Gasteiger partial charge >= 0.3 is 0 Å². The van der Waals surface area contributed by atoms with Crippen molar-refractivity contribution in [3.05, 3.63) is 77.5 Å². The van der Waals surface area contributed by atoms with Gasteiger partial charge in [0.1, 0.15) is 5.82 Å². The first-order chi connectivity index (χ1) is 16.8. The van der Waals surface area contributed by atoms with E-state index < -0.39 is 15.7 Å². The maximum Gasteiger partial charge on any atom is 0.252 e. The molecule has 2 heterocycles. The third kappa shape index (κ3) is 6.93. The summed E-state index contributed by atoms with van der Waals surface area (Å²) >= 11 is 0. The zero-order valence-electron chi connectivity index (χ0n) is 19.5. The number of sulfone groups is 1. The molecule has 4 N–H and O–H groups in total. The molecular weight excluding hydrogens is 466 g/mol. The fourth-order valence-corrected chi connectivity index (χ4v) is 4.71. The number of hydrogen-bond acceptors (Lipinski definition) is 8. The van der Waals surface area contributed by atoms with E-state index >= 15 is 0 Å². The van der Waals surface area contributed by atoms with Crippen LogP contribution in [0.3, 0.4) is 0 Å². The second-order valence-electron chi connectivity index (χ2n) is 8.49. The molecule has 9 nitrogen and oxygen atoms in total. The van der Waals surface area contributed by atoms with Crippen molar-refractivity contribution in [2.45, 2.75) is 12.3 Å². The van der Waals surface area contributed by atoms with E-state index in [1.165, 1.54) is 12.5 Å². The Labute approximate surface area is 205 Å². The topological polar surface area (TPSA) is 127 Å². The van der Waals surface area contributed by atoms with Crippen LogP contribution in [0.2, 0.25) is 0 Å². The van der Waals surface area contributed by atoms with Gasteiger partial charge in [-0.1, -0.05) is 24.3 Å². The smallest absolute Gasteiger partial charge is 0.252 e. The van der Waals surface area contributed by atoms with Crippen LogP contribution in [0.15, 0.2) is 60.8 Å². The number of primary amides is 1. The summed E-state index contributed by atoms with van der Waals surface area (Å²) < 4.78 is 28.6. The lowest BCUT2D eigenvalue weighted by Crippen LogP contribution is -2.36. The van der Waals surface area contributed by atoms with Crippen LogP contribution in [0.25, 0.3) is 0 Å². The number of pyridine rings is 1. The standard InChI is InChI=1S/C25H29N5O4S/c1-35(32,33)17-19-4-2-3-18(13-19)15-27-23-14-24(28-16-22(23)25(26)31)29-20-5-7-21(8-6-20)30-9-11-34-12-10-30/h2-8,13-14,16H,9-12,15,17H2,1H3,(H2,26,31)(H2,27,28,29). The van der Waals surface area contributed by atoms with Gasteiger partial charge in [-0.2, -0.15) is 0 Å². The summed E-state index contributed by atoms with van der Waals surface area (Å²) in [5.41, 5.74) is 9.94. The average molecular weight is 496 g/mol. The van der Waals surface area contributed by atoms with Crippen molar-refractivity contribution in [1.82, 2.24) is 4.98 Å². The summed E-state index contributed by atoms with van der Waals surface area (Å²) in [7, 11) is -3.13. The van der Waals surface area contributed by atoms with Gasteiger partial charge in [0.2, 0.25) is 0 Å². The Morgan fingerprint density at radius 1 is 1.09 bits per heavy atom. The van der Waals surface area contributed by atoms with Crippen LogP contribution in [-0.2, 0) is 26.9 Å². The average Bonchev–Trinajstić information content (AvgIpc) is 2.83. The number of aromatic nitrogens is 1. The van der Waals surface area contributed by atoms with E-state index in [1.54, 1.807) is 12.1 Å². The quantitative estimate of drug-likeness (QED) is 0.414. The van der Waals surface area contributed by atoms with Gasteiger partial charge in [-0.3, -0.25) is 4.79 Å². The zero-order valence-corrected chi connectivity index (χ0v) is 20.3. The van der Waals surface area contributed by atoms with E-state index in [-0.39, 0.29) is 11.3 Å². The number of benzene rings is 2. The van der Waals surface area contributed by atoms with Gasteiger partial charge in [0.05, 0.1) is 30.2 Å². The highest BCUT2D eigenvalue weighted by molar-refractivity contribution is 7.89. The number of anilines is 4. The van der Waals surface area contributed by atoms with Gasteiger partial charge in [-0.15, -0.1) is 0 Å². The van der Waals surface area contributed by atoms with Gasteiger partial charge in [-0.25, -0.2) is 13.4 Å². The van der Waals surface area contributed by atoms with Crippen molar-refractivity contribution in [3.63, 3.8) is 0 Å². The SMILES string of the molecule is CS(=O)(=O)Cc1cccc(CNc2cc(Nc3ccc(N4CCOCC4)cc3)ncc2C(N)=O)c1. The maximum absolute atomic E-state index is 11.9. The Kier molecular flexibility index (Phi) is 7.52. The van der Waals surface area contributed by atoms with Gasteiger partial charge in [0.25, 0.3) is 5.91 Å². The van der Waals surface area contributed by atoms with Crippen LogP contribution in [-0.4, -0.2) is 51.9 Å².